The third kappa shape index (κ3) is 3.55. The number of ether oxygens (including phenoxy) is 1. The number of nitrogens with two attached hydrogens (primary N) is 1. The highest BCUT2D eigenvalue weighted by Crippen LogP contribution is 2.45. The van der Waals surface area contributed by atoms with Gasteiger partial charge in [-0.1, -0.05) is 13.8 Å². The van der Waals surface area contributed by atoms with Crippen LogP contribution in [0.1, 0.15) is 59.3 Å². The topological polar surface area (TPSA) is 38.5 Å². The lowest BCUT2D eigenvalue weighted by molar-refractivity contribution is -0.0219. The molecule has 3 heteroatoms. The first kappa shape index (κ1) is 16.3. The van der Waals surface area contributed by atoms with E-state index in [2.05, 4.69) is 25.7 Å². The lowest BCUT2D eigenvalue weighted by Crippen LogP contribution is -2.60. The summed E-state index contributed by atoms with van der Waals surface area (Å²) in [6, 6.07) is 0.662. The van der Waals surface area contributed by atoms with E-state index in [9.17, 15) is 0 Å². The number of hydrogen-bond donors (Lipinski definition) is 1. The molecule has 20 heavy (non-hydrogen) atoms. The standard InChI is InChI=1S/C17H34N2O/c1-14(15-5-6-15)19(11-12-20-4)17(13-18)9-7-16(2,3)8-10-17/h14-15H,5-13,18H2,1-4H3. The Morgan fingerprint density at radius 1 is 1.20 bits per heavy atom. The Balaban J connectivity index is 2.10. The van der Waals surface area contributed by atoms with Crippen LogP contribution >= 0.6 is 0 Å². The van der Waals surface area contributed by atoms with Crippen LogP contribution in [-0.2, 0) is 4.74 Å². The van der Waals surface area contributed by atoms with Crippen molar-refractivity contribution in [3.05, 3.63) is 0 Å². The molecule has 2 rings (SSSR count). The van der Waals surface area contributed by atoms with Crippen molar-refractivity contribution in [2.45, 2.75) is 70.9 Å². The SMILES string of the molecule is COCCN(C(C)C1CC1)C1(CN)CCC(C)(C)CC1. The molecule has 0 aromatic heterocycles. The fourth-order valence-electron chi connectivity index (χ4n) is 3.90. The summed E-state index contributed by atoms with van der Waals surface area (Å²) in [6.45, 7) is 9.86. The highest BCUT2D eigenvalue weighted by molar-refractivity contribution is 5.01. The van der Waals surface area contributed by atoms with E-state index in [-0.39, 0.29) is 5.54 Å². The van der Waals surface area contributed by atoms with E-state index < -0.39 is 0 Å². The summed E-state index contributed by atoms with van der Waals surface area (Å²) < 4.78 is 5.36. The number of nitrogens with zero attached hydrogens (tertiary/aromatic N) is 1. The molecule has 0 saturated heterocycles. The minimum absolute atomic E-state index is 0.218. The van der Waals surface area contributed by atoms with E-state index in [0.29, 0.717) is 11.5 Å². The average Bonchev–Trinajstić information content (AvgIpc) is 3.25. The van der Waals surface area contributed by atoms with Crippen LogP contribution in [-0.4, -0.2) is 43.3 Å². The van der Waals surface area contributed by atoms with Crippen LogP contribution in [0.4, 0.5) is 0 Å². The molecular weight excluding hydrogens is 248 g/mol. The summed E-state index contributed by atoms with van der Waals surface area (Å²) in [5, 5.41) is 0. The van der Waals surface area contributed by atoms with Gasteiger partial charge in [-0.15, -0.1) is 0 Å². The van der Waals surface area contributed by atoms with Gasteiger partial charge in [-0.25, -0.2) is 0 Å². The highest BCUT2D eigenvalue weighted by Gasteiger charge is 2.45. The number of rotatable bonds is 7. The van der Waals surface area contributed by atoms with E-state index in [1.165, 1.54) is 38.5 Å². The van der Waals surface area contributed by atoms with E-state index in [0.717, 1.165) is 25.6 Å². The first-order chi connectivity index (χ1) is 9.44. The molecular formula is C17H34N2O. The Labute approximate surface area is 125 Å². The van der Waals surface area contributed by atoms with Crippen LogP contribution in [0.3, 0.4) is 0 Å². The van der Waals surface area contributed by atoms with Gasteiger partial charge in [0.25, 0.3) is 0 Å². The third-order valence-electron chi connectivity index (χ3n) is 5.86. The lowest BCUT2D eigenvalue weighted by atomic mass is 9.68. The average molecular weight is 282 g/mol. The molecule has 1 atom stereocenters. The highest BCUT2D eigenvalue weighted by atomic mass is 16.5. The molecule has 0 spiro atoms. The molecule has 0 heterocycles. The smallest absolute Gasteiger partial charge is 0.0590 e. The predicted molar refractivity (Wildman–Crippen MR) is 84.8 cm³/mol. The largest absolute Gasteiger partial charge is 0.383 e. The first-order valence-electron chi connectivity index (χ1n) is 8.40. The van der Waals surface area contributed by atoms with E-state index in [1.807, 2.05) is 0 Å². The van der Waals surface area contributed by atoms with Crippen LogP contribution in [0.25, 0.3) is 0 Å². The molecule has 2 aliphatic rings. The summed E-state index contributed by atoms with van der Waals surface area (Å²) in [5.41, 5.74) is 6.99. The maximum atomic E-state index is 6.28. The van der Waals surface area contributed by atoms with Crippen LogP contribution in [0, 0.1) is 11.3 Å². The fourth-order valence-corrected chi connectivity index (χ4v) is 3.90. The van der Waals surface area contributed by atoms with Crippen molar-refractivity contribution in [3.63, 3.8) is 0 Å². The molecule has 2 fully saturated rings. The van der Waals surface area contributed by atoms with Crippen molar-refractivity contribution in [2.24, 2.45) is 17.1 Å². The van der Waals surface area contributed by atoms with Crippen LogP contribution in [0.5, 0.6) is 0 Å². The van der Waals surface area contributed by atoms with Gasteiger partial charge >= 0.3 is 0 Å². The fraction of sp³-hybridized carbons (Fsp3) is 1.00. The van der Waals surface area contributed by atoms with Crippen molar-refractivity contribution in [2.75, 3.05) is 26.8 Å². The van der Waals surface area contributed by atoms with Crippen molar-refractivity contribution in [1.29, 1.82) is 0 Å². The van der Waals surface area contributed by atoms with Gasteiger partial charge < -0.3 is 10.5 Å². The zero-order valence-corrected chi connectivity index (χ0v) is 14.0. The maximum Gasteiger partial charge on any atom is 0.0590 e. The molecule has 2 aliphatic carbocycles. The molecule has 118 valence electrons. The van der Waals surface area contributed by atoms with Crippen molar-refractivity contribution in [3.8, 4) is 0 Å². The zero-order chi connectivity index (χ0) is 14.8. The molecule has 0 bridgehead atoms. The molecule has 0 radical (unpaired) electrons. The summed E-state index contributed by atoms with van der Waals surface area (Å²) in [7, 11) is 1.80. The van der Waals surface area contributed by atoms with E-state index in [4.69, 9.17) is 10.5 Å². The Morgan fingerprint density at radius 3 is 2.25 bits per heavy atom. The molecule has 0 amide bonds. The maximum absolute atomic E-state index is 6.28. The third-order valence-corrected chi connectivity index (χ3v) is 5.86. The molecule has 0 aromatic carbocycles. The second-order valence-corrected chi connectivity index (χ2v) is 7.86. The predicted octanol–water partition coefficient (Wildman–Crippen LogP) is 3.03. The Bertz CT molecular complexity index is 302. The normalized spacial score (nSPS) is 26.7. The first-order valence-corrected chi connectivity index (χ1v) is 8.40. The Kier molecular flexibility index (Phi) is 5.14. The Morgan fingerprint density at radius 2 is 1.80 bits per heavy atom. The van der Waals surface area contributed by atoms with Gasteiger partial charge in [0, 0.05) is 31.8 Å². The molecule has 2 N–H and O–H groups in total. The van der Waals surface area contributed by atoms with E-state index in [1.54, 1.807) is 7.11 Å². The molecule has 3 nitrogen and oxygen atoms in total. The number of hydrogen-bond acceptors (Lipinski definition) is 3. The van der Waals surface area contributed by atoms with Crippen LogP contribution in [0.15, 0.2) is 0 Å². The lowest BCUT2D eigenvalue weighted by Gasteiger charge is -2.52. The minimum atomic E-state index is 0.218. The second kappa shape index (κ2) is 6.33. The van der Waals surface area contributed by atoms with E-state index >= 15 is 0 Å². The summed E-state index contributed by atoms with van der Waals surface area (Å²) in [4.78, 5) is 2.71. The second-order valence-electron chi connectivity index (χ2n) is 7.86. The van der Waals surface area contributed by atoms with Crippen molar-refractivity contribution < 1.29 is 4.74 Å². The molecule has 2 saturated carbocycles. The summed E-state index contributed by atoms with van der Waals surface area (Å²) >= 11 is 0. The van der Waals surface area contributed by atoms with Crippen molar-refractivity contribution in [1.82, 2.24) is 4.90 Å². The van der Waals surface area contributed by atoms with Gasteiger partial charge in [-0.05, 0) is 56.8 Å². The van der Waals surface area contributed by atoms with Crippen LogP contribution in [0.2, 0.25) is 0 Å². The van der Waals surface area contributed by atoms with Gasteiger partial charge in [-0.2, -0.15) is 0 Å². The molecule has 0 aliphatic heterocycles. The van der Waals surface area contributed by atoms with Gasteiger partial charge in [0.1, 0.15) is 0 Å². The minimum Gasteiger partial charge on any atom is -0.383 e. The summed E-state index contributed by atoms with van der Waals surface area (Å²) in [6.07, 6.45) is 7.89. The zero-order valence-electron chi connectivity index (χ0n) is 14.0. The molecule has 1 unspecified atom stereocenters. The summed E-state index contributed by atoms with van der Waals surface area (Å²) in [5.74, 6) is 0.894. The quantitative estimate of drug-likeness (QED) is 0.780. The monoisotopic (exact) mass is 282 g/mol. The van der Waals surface area contributed by atoms with Gasteiger partial charge in [0.2, 0.25) is 0 Å². The Hall–Kier alpha value is -0.120. The van der Waals surface area contributed by atoms with Crippen molar-refractivity contribution >= 4 is 0 Å². The van der Waals surface area contributed by atoms with Gasteiger partial charge in [0.05, 0.1) is 6.61 Å². The number of methoxy groups -OCH3 is 1. The van der Waals surface area contributed by atoms with Crippen LogP contribution < -0.4 is 5.73 Å². The van der Waals surface area contributed by atoms with Gasteiger partial charge in [-0.3, -0.25) is 4.90 Å². The molecule has 0 aromatic rings. The van der Waals surface area contributed by atoms with Gasteiger partial charge in [0.15, 0.2) is 0 Å².